The van der Waals surface area contributed by atoms with E-state index in [0.29, 0.717) is 5.92 Å². The zero-order valence-electron chi connectivity index (χ0n) is 7.67. The van der Waals surface area contributed by atoms with E-state index < -0.39 is 8.80 Å². The third-order valence-electron chi connectivity index (χ3n) is 2.55. The molecule has 0 aromatic carbocycles. The Labute approximate surface area is 70.7 Å². The third kappa shape index (κ3) is 1.94. The highest BCUT2D eigenvalue weighted by molar-refractivity contribution is 6.64. The van der Waals surface area contributed by atoms with Crippen LogP contribution in [-0.4, -0.2) is 20.0 Å². The highest BCUT2D eigenvalue weighted by Gasteiger charge is 2.23. The molecule has 1 aliphatic carbocycles. The van der Waals surface area contributed by atoms with E-state index in [4.69, 9.17) is 0 Å². The van der Waals surface area contributed by atoms with Gasteiger partial charge in [0.1, 0.15) is 0 Å². The number of rotatable bonds is 1. The van der Waals surface area contributed by atoms with Gasteiger partial charge in [0.2, 0.25) is 0 Å². The molecular weight excluding hydrogens is 152 g/mol. The second-order valence-electron chi connectivity index (χ2n) is 3.86. The molecule has 11 heavy (non-hydrogen) atoms. The van der Waals surface area contributed by atoms with Crippen LogP contribution >= 0.6 is 0 Å². The minimum atomic E-state index is -0.737. The maximum atomic E-state index is 9.77. The molecule has 1 N–H and O–H groups in total. The molecule has 0 aromatic heterocycles. The van der Waals surface area contributed by atoms with E-state index in [1.165, 1.54) is 11.6 Å². The van der Waals surface area contributed by atoms with Crippen LogP contribution in [0.4, 0.5) is 0 Å². The Kier molecular flexibility index (Phi) is 2.90. The first kappa shape index (κ1) is 9.01. The van der Waals surface area contributed by atoms with Crippen molar-refractivity contribution in [2.24, 2.45) is 5.92 Å². The Bertz CT molecular complexity index is 163. The van der Waals surface area contributed by atoms with Gasteiger partial charge in [0, 0.05) is 0 Å². The maximum Gasteiger partial charge on any atom is 0.0737 e. The van der Waals surface area contributed by atoms with E-state index in [1.807, 2.05) is 0 Å². The van der Waals surface area contributed by atoms with Gasteiger partial charge in [0.05, 0.1) is 14.9 Å². The molecule has 0 unspecified atom stereocenters. The number of hydrogen-bond acceptors (Lipinski definition) is 1. The monoisotopic (exact) mass is 170 g/mol. The average molecular weight is 170 g/mol. The first-order valence-corrected chi connectivity index (χ1v) is 7.39. The van der Waals surface area contributed by atoms with Crippen LogP contribution in [0.15, 0.2) is 11.3 Å². The van der Waals surface area contributed by atoms with E-state index in [-0.39, 0.29) is 6.10 Å². The minimum absolute atomic E-state index is 0.115. The molecule has 1 rings (SSSR count). The van der Waals surface area contributed by atoms with E-state index in [0.717, 1.165) is 6.42 Å². The van der Waals surface area contributed by atoms with E-state index in [2.05, 4.69) is 26.1 Å². The molecule has 0 amide bonds. The Morgan fingerprint density at radius 3 is 2.64 bits per heavy atom. The molecule has 1 aliphatic rings. The summed E-state index contributed by atoms with van der Waals surface area (Å²) in [4.78, 5) is 0. The van der Waals surface area contributed by atoms with Gasteiger partial charge in [-0.15, -0.1) is 0 Å². The highest BCUT2D eigenvalue weighted by Crippen LogP contribution is 2.25. The number of aliphatic hydroxyl groups excluding tert-OH is 1. The summed E-state index contributed by atoms with van der Waals surface area (Å²) in [6.45, 7) is 6.72. The van der Waals surface area contributed by atoms with Crippen molar-refractivity contribution in [3.63, 3.8) is 0 Å². The largest absolute Gasteiger partial charge is 0.389 e. The van der Waals surface area contributed by atoms with Crippen LogP contribution in [-0.2, 0) is 0 Å². The van der Waals surface area contributed by atoms with Gasteiger partial charge in [-0.3, -0.25) is 0 Å². The highest BCUT2D eigenvalue weighted by atomic mass is 28.3. The van der Waals surface area contributed by atoms with Gasteiger partial charge in [-0.25, -0.2) is 0 Å². The Hall–Kier alpha value is -0.0831. The van der Waals surface area contributed by atoms with Gasteiger partial charge in [-0.1, -0.05) is 31.3 Å². The van der Waals surface area contributed by atoms with Crippen molar-refractivity contribution in [2.45, 2.75) is 39.0 Å². The summed E-state index contributed by atoms with van der Waals surface area (Å²) in [6, 6.07) is 0. The summed E-state index contributed by atoms with van der Waals surface area (Å²) in [5.41, 5.74) is 0. The molecule has 0 spiro atoms. The summed E-state index contributed by atoms with van der Waals surface area (Å²) in [5.74, 6) is 0.491. The van der Waals surface area contributed by atoms with Gasteiger partial charge in [-0.05, 0) is 18.8 Å². The third-order valence-corrected chi connectivity index (χ3v) is 4.46. The van der Waals surface area contributed by atoms with Crippen molar-refractivity contribution >= 4 is 8.80 Å². The fourth-order valence-electron chi connectivity index (χ4n) is 1.70. The Morgan fingerprint density at radius 2 is 2.18 bits per heavy atom. The van der Waals surface area contributed by atoms with Gasteiger partial charge in [0.15, 0.2) is 0 Å². The van der Waals surface area contributed by atoms with Gasteiger partial charge < -0.3 is 5.11 Å². The lowest BCUT2D eigenvalue weighted by Crippen LogP contribution is -2.29. The van der Waals surface area contributed by atoms with Crippen LogP contribution in [0.2, 0.25) is 13.1 Å². The van der Waals surface area contributed by atoms with Crippen LogP contribution in [0.5, 0.6) is 0 Å². The first-order valence-electron chi connectivity index (χ1n) is 4.51. The quantitative estimate of drug-likeness (QED) is 0.594. The zero-order chi connectivity index (χ0) is 8.43. The van der Waals surface area contributed by atoms with Crippen molar-refractivity contribution in [3.8, 4) is 0 Å². The molecule has 0 heterocycles. The standard InChI is InChI=1S/C9H18OSi/c1-7-5-4-6-8(9(7)10)11(2)3/h6-7,9-11H,4-5H2,1-3H3/t7-,9-/m0/s1. The second kappa shape index (κ2) is 3.54. The molecule has 0 aromatic rings. The van der Waals surface area contributed by atoms with Gasteiger partial charge >= 0.3 is 0 Å². The fourth-order valence-corrected chi connectivity index (χ4v) is 3.35. The summed E-state index contributed by atoms with van der Waals surface area (Å²) in [6.07, 6.45) is 4.49. The van der Waals surface area contributed by atoms with E-state index >= 15 is 0 Å². The Balaban J connectivity index is 2.70. The average Bonchev–Trinajstić information content (AvgIpc) is 1.94. The maximum absolute atomic E-state index is 9.77. The van der Waals surface area contributed by atoms with Crippen LogP contribution in [0.3, 0.4) is 0 Å². The topological polar surface area (TPSA) is 20.2 Å². The van der Waals surface area contributed by atoms with Crippen LogP contribution in [0, 0.1) is 5.92 Å². The molecule has 64 valence electrons. The number of hydrogen-bond donors (Lipinski definition) is 1. The molecule has 0 saturated heterocycles. The SMILES string of the molecule is C[C@H]1CCC=C([SiH](C)C)[C@H]1O. The number of aliphatic hydroxyl groups is 1. The van der Waals surface area contributed by atoms with Crippen molar-refractivity contribution in [1.29, 1.82) is 0 Å². The molecule has 0 aliphatic heterocycles. The van der Waals surface area contributed by atoms with Crippen LogP contribution in [0.25, 0.3) is 0 Å². The summed E-state index contributed by atoms with van der Waals surface area (Å²) in [5, 5.41) is 11.2. The summed E-state index contributed by atoms with van der Waals surface area (Å²) in [7, 11) is -0.737. The van der Waals surface area contributed by atoms with Crippen LogP contribution < -0.4 is 0 Å². The number of allylic oxidation sites excluding steroid dienone is 1. The second-order valence-corrected chi connectivity index (χ2v) is 6.83. The molecule has 0 saturated carbocycles. The molecule has 2 heteroatoms. The summed E-state index contributed by atoms with van der Waals surface area (Å²) >= 11 is 0. The minimum Gasteiger partial charge on any atom is -0.389 e. The Morgan fingerprint density at radius 1 is 1.55 bits per heavy atom. The molecule has 0 radical (unpaired) electrons. The van der Waals surface area contributed by atoms with Gasteiger partial charge in [-0.2, -0.15) is 0 Å². The van der Waals surface area contributed by atoms with E-state index in [1.54, 1.807) is 0 Å². The zero-order valence-corrected chi connectivity index (χ0v) is 8.83. The van der Waals surface area contributed by atoms with Gasteiger partial charge in [0.25, 0.3) is 0 Å². The van der Waals surface area contributed by atoms with Crippen LogP contribution in [0.1, 0.15) is 19.8 Å². The molecular formula is C9H18OSi. The predicted molar refractivity (Wildman–Crippen MR) is 51.4 cm³/mol. The lowest BCUT2D eigenvalue weighted by Gasteiger charge is -2.27. The van der Waals surface area contributed by atoms with Crippen molar-refractivity contribution in [1.82, 2.24) is 0 Å². The molecule has 1 nitrogen and oxygen atoms in total. The normalized spacial score (nSPS) is 32.3. The molecule has 0 bridgehead atoms. The first-order chi connectivity index (χ1) is 5.13. The van der Waals surface area contributed by atoms with Crippen molar-refractivity contribution in [2.75, 3.05) is 0 Å². The predicted octanol–water partition coefficient (Wildman–Crippen LogP) is 1.73. The fraction of sp³-hybridized carbons (Fsp3) is 0.778. The van der Waals surface area contributed by atoms with Crippen molar-refractivity contribution < 1.29 is 5.11 Å². The lowest BCUT2D eigenvalue weighted by atomic mass is 9.93. The van der Waals surface area contributed by atoms with Crippen molar-refractivity contribution in [3.05, 3.63) is 11.3 Å². The summed E-state index contributed by atoms with van der Waals surface area (Å²) < 4.78 is 0. The molecule has 0 fully saturated rings. The van der Waals surface area contributed by atoms with E-state index in [9.17, 15) is 5.11 Å². The molecule has 2 atom stereocenters. The lowest BCUT2D eigenvalue weighted by molar-refractivity contribution is 0.145. The smallest absolute Gasteiger partial charge is 0.0737 e.